The van der Waals surface area contributed by atoms with Gasteiger partial charge >= 0.3 is 0 Å². The molecule has 86 valence electrons. The zero-order chi connectivity index (χ0) is 12.4. The summed E-state index contributed by atoms with van der Waals surface area (Å²) in [5, 5.41) is 10.6. The number of aromatic nitrogens is 1. The molecule has 0 fully saturated rings. The molecular weight excluding hydrogens is 236 g/mol. The molecule has 0 unspecified atom stereocenters. The van der Waals surface area contributed by atoms with Gasteiger partial charge in [0, 0.05) is 10.4 Å². The monoisotopic (exact) mass is 246 g/mol. The Bertz CT molecular complexity index is 617. The molecule has 0 aliphatic rings. The van der Waals surface area contributed by atoms with E-state index >= 15 is 0 Å². The van der Waals surface area contributed by atoms with Gasteiger partial charge in [-0.1, -0.05) is 11.6 Å². The predicted octanol–water partition coefficient (Wildman–Crippen LogP) is 3.47. The van der Waals surface area contributed by atoms with Gasteiger partial charge in [0.1, 0.15) is 11.6 Å². The van der Waals surface area contributed by atoms with Crippen molar-refractivity contribution in [1.29, 1.82) is 5.26 Å². The Labute approximate surface area is 105 Å². The molecule has 2 rings (SSSR count). The van der Waals surface area contributed by atoms with Crippen molar-refractivity contribution < 1.29 is 4.74 Å². The molecular formula is C13H11ClN2O. The summed E-state index contributed by atoms with van der Waals surface area (Å²) in [6, 6.07) is 7.57. The predicted molar refractivity (Wildman–Crippen MR) is 67.4 cm³/mol. The maximum atomic E-state index is 9.03. The Morgan fingerprint density at radius 2 is 2.18 bits per heavy atom. The number of hydrogen-bond donors (Lipinski definition) is 0. The number of fused-ring (bicyclic) bond motifs is 1. The number of rotatable bonds is 2. The highest BCUT2D eigenvalue weighted by Gasteiger charge is 2.09. The highest BCUT2D eigenvalue weighted by Crippen LogP contribution is 2.26. The van der Waals surface area contributed by atoms with Crippen molar-refractivity contribution in [1.82, 2.24) is 4.98 Å². The minimum atomic E-state index is 0.363. The first-order valence-electron chi connectivity index (χ1n) is 5.29. The smallest absolute Gasteiger partial charge is 0.232 e. The highest BCUT2D eigenvalue weighted by molar-refractivity contribution is 6.32. The maximum absolute atomic E-state index is 9.03. The van der Waals surface area contributed by atoms with Crippen molar-refractivity contribution in [2.75, 3.05) is 6.61 Å². The summed E-state index contributed by atoms with van der Waals surface area (Å²) in [6.45, 7) is 4.26. The second kappa shape index (κ2) is 4.60. The van der Waals surface area contributed by atoms with Gasteiger partial charge in [-0.05, 0) is 37.6 Å². The average molecular weight is 247 g/mol. The molecule has 2 aromatic rings. The summed E-state index contributed by atoms with van der Waals surface area (Å²) in [6.07, 6.45) is 0. The van der Waals surface area contributed by atoms with Gasteiger partial charge in [0.05, 0.1) is 12.1 Å². The molecule has 1 aromatic heterocycles. The Morgan fingerprint density at radius 3 is 2.82 bits per heavy atom. The van der Waals surface area contributed by atoms with Crippen LogP contribution in [-0.4, -0.2) is 11.6 Å². The minimum absolute atomic E-state index is 0.363. The molecule has 1 aromatic carbocycles. The van der Waals surface area contributed by atoms with E-state index in [1.807, 2.05) is 19.9 Å². The zero-order valence-electron chi connectivity index (χ0n) is 9.62. The van der Waals surface area contributed by atoms with Crippen LogP contribution in [0.1, 0.15) is 18.1 Å². The van der Waals surface area contributed by atoms with Crippen molar-refractivity contribution in [3.8, 4) is 11.9 Å². The summed E-state index contributed by atoms with van der Waals surface area (Å²) < 4.78 is 5.33. The lowest BCUT2D eigenvalue weighted by molar-refractivity contribution is 0.327. The molecule has 4 heteroatoms. The third-order valence-electron chi connectivity index (χ3n) is 2.46. The number of benzene rings is 1. The van der Waals surface area contributed by atoms with Crippen LogP contribution in [0.4, 0.5) is 0 Å². The van der Waals surface area contributed by atoms with Crippen molar-refractivity contribution in [3.63, 3.8) is 0 Å². The summed E-state index contributed by atoms with van der Waals surface area (Å²) in [5.41, 5.74) is 2.15. The molecule has 17 heavy (non-hydrogen) atoms. The lowest BCUT2D eigenvalue weighted by atomic mass is 10.1. The fourth-order valence-electron chi connectivity index (χ4n) is 1.62. The molecule has 0 bridgehead atoms. The van der Waals surface area contributed by atoms with E-state index in [1.54, 1.807) is 12.1 Å². The molecule has 0 radical (unpaired) electrons. The fraction of sp³-hybridized carbons (Fsp3) is 0.231. The topological polar surface area (TPSA) is 45.9 Å². The van der Waals surface area contributed by atoms with E-state index in [0.717, 1.165) is 16.5 Å². The van der Waals surface area contributed by atoms with Gasteiger partial charge in [0.2, 0.25) is 5.88 Å². The lowest BCUT2D eigenvalue weighted by Gasteiger charge is -2.07. The molecule has 0 atom stereocenters. The first-order chi connectivity index (χ1) is 8.15. The minimum Gasteiger partial charge on any atom is -0.477 e. The van der Waals surface area contributed by atoms with Crippen molar-refractivity contribution in [3.05, 3.63) is 34.3 Å². The first-order valence-corrected chi connectivity index (χ1v) is 5.67. The van der Waals surface area contributed by atoms with Crippen LogP contribution in [0.5, 0.6) is 5.88 Å². The van der Waals surface area contributed by atoms with Gasteiger partial charge in [-0.25, -0.2) is 4.98 Å². The molecule has 0 amide bonds. The van der Waals surface area contributed by atoms with Gasteiger partial charge in [-0.3, -0.25) is 0 Å². The van der Waals surface area contributed by atoms with Crippen LogP contribution < -0.4 is 4.74 Å². The van der Waals surface area contributed by atoms with Crippen LogP contribution in [0.2, 0.25) is 5.02 Å². The van der Waals surface area contributed by atoms with E-state index in [4.69, 9.17) is 21.6 Å². The molecule has 0 aliphatic carbocycles. The largest absolute Gasteiger partial charge is 0.477 e. The van der Waals surface area contributed by atoms with Crippen molar-refractivity contribution in [2.45, 2.75) is 13.8 Å². The normalized spacial score (nSPS) is 10.2. The zero-order valence-corrected chi connectivity index (χ0v) is 10.4. The fourth-order valence-corrected chi connectivity index (χ4v) is 1.78. The van der Waals surface area contributed by atoms with Gasteiger partial charge in [-0.2, -0.15) is 5.26 Å². The van der Waals surface area contributed by atoms with Gasteiger partial charge in [0.15, 0.2) is 0 Å². The number of ether oxygens (including phenoxy) is 1. The summed E-state index contributed by atoms with van der Waals surface area (Å²) in [5.74, 6) is 0.363. The second-order valence-corrected chi connectivity index (χ2v) is 4.09. The Hall–Kier alpha value is -1.79. The van der Waals surface area contributed by atoms with Crippen LogP contribution in [0.15, 0.2) is 18.2 Å². The van der Waals surface area contributed by atoms with Crippen LogP contribution in [-0.2, 0) is 0 Å². The number of hydrogen-bond acceptors (Lipinski definition) is 3. The number of nitriles is 1. The Morgan fingerprint density at radius 1 is 1.41 bits per heavy atom. The molecule has 3 nitrogen and oxygen atoms in total. The van der Waals surface area contributed by atoms with Gasteiger partial charge < -0.3 is 4.74 Å². The van der Waals surface area contributed by atoms with Crippen LogP contribution in [0, 0.1) is 18.3 Å². The summed E-state index contributed by atoms with van der Waals surface area (Å²) >= 11 is 6.04. The number of pyridine rings is 1. The SMILES string of the molecule is CCOc1nc2cc(Cl)c(C)cc2cc1C#N. The third-order valence-corrected chi connectivity index (χ3v) is 2.87. The molecule has 0 saturated carbocycles. The molecule has 0 saturated heterocycles. The van der Waals surface area contributed by atoms with Gasteiger partial charge in [-0.15, -0.1) is 0 Å². The average Bonchev–Trinajstić information content (AvgIpc) is 2.31. The lowest BCUT2D eigenvalue weighted by Crippen LogP contribution is -1.98. The van der Waals surface area contributed by atoms with E-state index in [1.165, 1.54) is 0 Å². The molecule has 0 N–H and O–H groups in total. The van der Waals surface area contributed by atoms with Crippen LogP contribution in [0.3, 0.4) is 0 Å². The van der Waals surface area contributed by atoms with E-state index in [2.05, 4.69) is 11.1 Å². The Kier molecular flexibility index (Phi) is 3.16. The van der Waals surface area contributed by atoms with Crippen molar-refractivity contribution in [2.24, 2.45) is 0 Å². The first kappa shape index (κ1) is 11.7. The van der Waals surface area contributed by atoms with E-state index in [9.17, 15) is 0 Å². The number of halogens is 1. The molecule has 1 heterocycles. The summed E-state index contributed by atoms with van der Waals surface area (Å²) in [4.78, 5) is 4.31. The quantitative estimate of drug-likeness (QED) is 0.815. The van der Waals surface area contributed by atoms with E-state index < -0.39 is 0 Å². The second-order valence-electron chi connectivity index (χ2n) is 3.68. The highest BCUT2D eigenvalue weighted by atomic mass is 35.5. The van der Waals surface area contributed by atoms with E-state index in [0.29, 0.717) is 23.1 Å². The van der Waals surface area contributed by atoms with Gasteiger partial charge in [0.25, 0.3) is 0 Å². The number of aryl methyl sites for hydroxylation is 1. The van der Waals surface area contributed by atoms with Crippen molar-refractivity contribution >= 4 is 22.5 Å². The molecule has 0 aliphatic heterocycles. The number of nitrogens with zero attached hydrogens (tertiary/aromatic N) is 2. The van der Waals surface area contributed by atoms with Crippen LogP contribution in [0.25, 0.3) is 10.9 Å². The van der Waals surface area contributed by atoms with E-state index in [-0.39, 0.29) is 0 Å². The Balaban J connectivity index is 2.70. The summed E-state index contributed by atoms with van der Waals surface area (Å²) in [7, 11) is 0. The van der Waals surface area contributed by atoms with Crippen LogP contribution >= 0.6 is 11.6 Å². The third kappa shape index (κ3) is 2.17. The maximum Gasteiger partial charge on any atom is 0.232 e. The standard InChI is InChI=1S/C13H11ClN2O/c1-3-17-13-10(7-15)5-9-4-8(2)11(14)6-12(9)16-13/h4-6H,3H2,1-2H3. The molecule has 0 spiro atoms.